The van der Waals surface area contributed by atoms with Crippen LogP contribution < -0.4 is 0 Å². The van der Waals surface area contributed by atoms with E-state index in [-0.39, 0.29) is 5.78 Å². The first-order valence-corrected chi connectivity index (χ1v) is 6.27. The Morgan fingerprint density at radius 2 is 2.06 bits per heavy atom. The summed E-state index contributed by atoms with van der Waals surface area (Å²) in [6, 6.07) is 11.6. The first-order valence-electron chi connectivity index (χ1n) is 6.27. The number of benzene rings is 1. The van der Waals surface area contributed by atoms with Crippen molar-refractivity contribution in [2.75, 3.05) is 0 Å². The van der Waals surface area contributed by atoms with Crippen LogP contribution in [-0.4, -0.2) is 10.8 Å². The molecule has 0 radical (unpaired) electrons. The van der Waals surface area contributed by atoms with Crippen LogP contribution in [0.25, 0.3) is 0 Å². The molecule has 2 heteroatoms. The number of nitrogens with zero attached hydrogens (tertiary/aromatic N) is 1. The van der Waals surface area contributed by atoms with Crippen LogP contribution in [-0.2, 0) is 6.42 Å². The summed E-state index contributed by atoms with van der Waals surface area (Å²) in [5.74, 6) is 0.00560. The number of carbonyl (C=O) groups excluding carboxylic acids is 1. The number of pyridine rings is 1. The quantitative estimate of drug-likeness (QED) is 0.763. The van der Waals surface area contributed by atoms with Crippen LogP contribution in [0.2, 0.25) is 0 Å². The number of rotatable bonds is 4. The van der Waals surface area contributed by atoms with Gasteiger partial charge in [0.25, 0.3) is 0 Å². The topological polar surface area (TPSA) is 30.0 Å². The fourth-order valence-corrected chi connectivity index (χ4v) is 2.02. The second-order valence-electron chi connectivity index (χ2n) is 4.45. The number of hydrogen-bond donors (Lipinski definition) is 0. The van der Waals surface area contributed by atoms with Gasteiger partial charge in [0, 0.05) is 11.8 Å². The number of aromatic nitrogens is 1. The molecule has 2 rings (SSSR count). The van der Waals surface area contributed by atoms with E-state index in [1.54, 1.807) is 6.20 Å². The maximum Gasteiger partial charge on any atom is 0.211 e. The van der Waals surface area contributed by atoms with Gasteiger partial charge in [-0.15, -0.1) is 0 Å². The molecule has 18 heavy (non-hydrogen) atoms. The van der Waals surface area contributed by atoms with Gasteiger partial charge < -0.3 is 0 Å². The largest absolute Gasteiger partial charge is 0.287 e. The van der Waals surface area contributed by atoms with Gasteiger partial charge in [-0.25, -0.2) is 0 Å². The maximum atomic E-state index is 12.4. The summed E-state index contributed by atoms with van der Waals surface area (Å²) in [6.07, 6.45) is 3.75. The second kappa shape index (κ2) is 5.58. The van der Waals surface area contributed by atoms with E-state index in [9.17, 15) is 4.79 Å². The third kappa shape index (κ3) is 2.65. The molecule has 1 heterocycles. The molecule has 0 bridgehead atoms. The molecule has 1 aromatic heterocycles. The molecule has 92 valence electrons. The van der Waals surface area contributed by atoms with Crippen molar-refractivity contribution >= 4 is 5.78 Å². The van der Waals surface area contributed by atoms with E-state index < -0.39 is 0 Å². The molecule has 0 aliphatic heterocycles. The summed E-state index contributed by atoms with van der Waals surface area (Å²) in [5.41, 5.74) is 3.40. The summed E-state index contributed by atoms with van der Waals surface area (Å²) < 4.78 is 0. The number of ketones is 1. The van der Waals surface area contributed by atoms with Crippen LogP contribution in [0, 0.1) is 6.92 Å². The zero-order valence-corrected chi connectivity index (χ0v) is 10.8. The first-order chi connectivity index (χ1) is 8.72. The summed E-state index contributed by atoms with van der Waals surface area (Å²) in [6.45, 7) is 4.05. The lowest BCUT2D eigenvalue weighted by Crippen LogP contribution is -2.06. The average Bonchev–Trinajstić information content (AvgIpc) is 2.39. The van der Waals surface area contributed by atoms with Crippen molar-refractivity contribution < 1.29 is 4.79 Å². The minimum Gasteiger partial charge on any atom is -0.287 e. The summed E-state index contributed by atoms with van der Waals surface area (Å²) in [4.78, 5) is 16.5. The Kier molecular flexibility index (Phi) is 3.88. The summed E-state index contributed by atoms with van der Waals surface area (Å²) in [7, 11) is 0. The highest BCUT2D eigenvalue weighted by atomic mass is 16.1. The molecule has 0 unspecified atom stereocenters. The zero-order chi connectivity index (χ0) is 13.0. The van der Waals surface area contributed by atoms with Gasteiger partial charge in [0.15, 0.2) is 0 Å². The fraction of sp³-hybridized carbons (Fsp3) is 0.250. The molecule has 0 aliphatic rings. The first kappa shape index (κ1) is 12.5. The minimum atomic E-state index is 0.00560. The molecular formula is C16H17NO. The van der Waals surface area contributed by atoms with Crippen LogP contribution in [0.5, 0.6) is 0 Å². The number of hydrogen-bond acceptors (Lipinski definition) is 2. The lowest BCUT2D eigenvalue weighted by molar-refractivity contribution is 0.103. The monoisotopic (exact) mass is 239 g/mol. The van der Waals surface area contributed by atoms with Crippen molar-refractivity contribution in [1.82, 2.24) is 4.98 Å². The lowest BCUT2D eigenvalue weighted by Gasteiger charge is -2.05. The van der Waals surface area contributed by atoms with Gasteiger partial charge in [-0.2, -0.15) is 0 Å². The van der Waals surface area contributed by atoms with E-state index in [1.165, 1.54) is 5.56 Å². The predicted octanol–water partition coefficient (Wildman–Crippen LogP) is 3.57. The highest BCUT2D eigenvalue weighted by molar-refractivity contribution is 6.08. The van der Waals surface area contributed by atoms with E-state index in [4.69, 9.17) is 0 Å². The average molecular weight is 239 g/mol. The maximum absolute atomic E-state index is 12.4. The summed E-state index contributed by atoms with van der Waals surface area (Å²) in [5, 5.41) is 0. The molecule has 0 saturated carbocycles. The van der Waals surface area contributed by atoms with Gasteiger partial charge in [-0.1, -0.05) is 37.6 Å². The molecule has 0 aliphatic carbocycles. The van der Waals surface area contributed by atoms with Crippen molar-refractivity contribution in [1.29, 1.82) is 0 Å². The van der Waals surface area contributed by atoms with E-state index in [0.717, 1.165) is 24.0 Å². The highest BCUT2D eigenvalue weighted by Crippen LogP contribution is 2.14. The van der Waals surface area contributed by atoms with Gasteiger partial charge >= 0.3 is 0 Å². The molecule has 2 nitrogen and oxygen atoms in total. The molecule has 0 N–H and O–H groups in total. The van der Waals surface area contributed by atoms with Crippen molar-refractivity contribution in [3.8, 4) is 0 Å². The Hall–Kier alpha value is -1.96. The Morgan fingerprint density at radius 1 is 1.22 bits per heavy atom. The van der Waals surface area contributed by atoms with Crippen LogP contribution in [0.3, 0.4) is 0 Å². The van der Waals surface area contributed by atoms with Crippen molar-refractivity contribution in [2.45, 2.75) is 26.7 Å². The van der Waals surface area contributed by atoms with Crippen molar-refractivity contribution in [3.05, 3.63) is 65.0 Å². The molecule has 2 aromatic rings. The van der Waals surface area contributed by atoms with Gasteiger partial charge in [-0.05, 0) is 36.6 Å². The molecule has 0 atom stereocenters. The minimum absolute atomic E-state index is 0.00560. The smallest absolute Gasteiger partial charge is 0.211 e. The third-order valence-electron chi connectivity index (χ3n) is 2.95. The van der Waals surface area contributed by atoms with Gasteiger partial charge in [0.05, 0.1) is 0 Å². The van der Waals surface area contributed by atoms with E-state index in [0.29, 0.717) is 5.69 Å². The predicted molar refractivity (Wildman–Crippen MR) is 72.8 cm³/mol. The van der Waals surface area contributed by atoms with E-state index in [2.05, 4.69) is 18.0 Å². The molecule has 0 saturated heterocycles. The van der Waals surface area contributed by atoms with Crippen LogP contribution >= 0.6 is 0 Å². The van der Waals surface area contributed by atoms with E-state index in [1.807, 2.05) is 37.3 Å². The molecule has 1 aromatic carbocycles. The Balaban J connectivity index is 2.34. The Morgan fingerprint density at radius 3 is 2.78 bits per heavy atom. The van der Waals surface area contributed by atoms with E-state index >= 15 is 0 Å². The lowest BCUT2D eigenvalue weighted by atomic mass is 10.0. The number of aryl methyl sites for hydroxylation is 2. The third-order valence-corrected chi connectivity index (χ3v) is 2.95. The van der Waals surface area contributed by atoms with Gasteiger partial charge in [0.2, 0.25) is 5.78 Å². The molecule has 0 amide bonds. The van der Waals surface area contributed by atoms with Gasteiger partial charge in [-0.3, -0.25) is 9.78 Å². The van der Waals surface area contributed by atoms with Crippen molar-refractivity contribution in [3.63, 3.8) is 0 Å². The second-order valence-corrected chi connectivity index (χ2v) is 4.45. The van der Waals surface area contributed by atoms with Crippen LogP contribution in [0.4, 0.5) is 0 Å². The number of carbonyl (C=O) groups is 1. The SMILES string of the molecule is CCCc1cccc(C(=O)c2ncccc2C)c1. The van der Waals surface area contributed by atoms with Crippen molar-refractivity contribution in [2.24, 2.45) is 0 Å². The fourth-order valence-electron chi connectivity index (χ4n) is 2.02. The molecule has 0 fully saturated rings. The standard InChI is InChI=1S/C16H17NO/c1-3-6-13-8-4-9-14(11-13)16(18)15-12(2)7-5-10-17-15/h4-5,7-11H,3,6H2,1-2H3. The highest BCUT2D eigenvalue weighted by Gasteiger charge is 2.12. The zero-order valence-electron chi connectivity index (χ0n) is 10.8. The van der Waals surface area contributed by atoms with Crippen LogP contribution in [0.1, 0.15) is 40.5 Å². The molecule has 0 spiro atoms. The molecular weight excluding hydrogens is 222 g/mol. The van der Waals surface area contributed by atoms with Gasteiger partial charge in [0.1, 0.15) is 5.69 Å². The summed E-state index contributed by atoms with van der Waals surface area (Å²) >= 11 is 0. The Labute approximate surface area is 108 Å². The Bertz CT molecular complexity index is 561. The van der Waals surface area contributed by atoms with Crippen LogP contribution in [0.15, 0.2) is 42.6 Å². The normalized spacial score (nSPS) is 10.3.